The summed E-state index contributed by atoms with van der Waals surface area (Å²) in [6.07, 6.45) is 2.59. The highest BCUT2D eigenvalue weighted by Gasteiger charge is 2.12. The van der Waals surface area contributed by atoms with Gasteiger partial charge in [-0.05, 0) is 54.4 Å². The summed E-state index contributed by atoms with van der Waals surface area (Å²) in [5.74, 6) is 0.445. The van der Waals surface area contributed by atoms with Crippen LogP contribution >= 0.6 is 0 Å². The van der Waals surface area contributed by atoms with Crippen LogP contribution in [0.25, 0.3) is 0 Å². The van der Waals surface area contributed by atoms with Gasteiger partial charge < -0.3 is 14.2 Å². The maximum Gasteiger partial charge on any atom is 0.343 e. The van der Waals surface area contributed by atoms with E-state index in [0.29, 0.717) is 41.8 Å². The average molecular weight is 368 g/mol. The zero-order valence-electron chi connectivity index (χ0n) is 15.6. The summed E-state index contributed by atoms with van der Waals surface area (Å²) in [6.45, 7) is 8.43. The summed E-state index contributed by atoms with van der Waals surface area (Å²) < 4.78 is 15.9. The number of ether oxygens (including phenoxy) is 3. The van der Waals surface area contributed by atoms with Crippen molar-refractivity contribution in [1.82, 2.24) is 0 Å². The fourth-order valence-electron chi connectivity index (χ4n) is 2.09. The van der Waals surface area contributed by atoms with Gasteiger partial charge in [0.15, 0.2) is 0 Å². The lowest BCUT2D eigenvalue weighted by molar-refractivity contribution is 0.0447. The van der Waals surface area contributed by atoms with Crippen molar-refractivity contribution in [2.75, 3.05) is 13.2 Å². The van der Waals surface area contributed by atoms with Crippen LogP contribution in [0.15, 0.2) is 61.2 Å². The fourth-order valence-corrected chi connectivity index (χ4v) is 2.09. The third kappa shape index (κ3) is 6.29. The first kappa shape index (κ1) is 20.2. The summed E-state index contributed by atoms with van der Waals surface area (Å²) in [4.78, 5) is 24.2. The topological polar surface area (TPSA) is 61.8 Å². The third-order valence-corrected chi connectivity index (χ3v) is 3.95. The second kappa shape index (κ2) is 10.2. The van der Waals surface area contributed by atoms with Gasteiger partial charge in [0.25, 0.3) is 0 Å². The van der Waals surface area contributed by atoms with E-state index < -0.39 is 5.97 Å². The molecule has 0 fully saturated rings. The van der Waals surface area contributed by atoms with E-state index in [1.54, 1.807) is 54.6 Å². The van der Waals surface area contributed by atoms with Crippen molar-refractivity contribution in [3.05, 3.63) is 72.3 Å². The van der Waals surface area contributed by atoms with E-state index in [9.17, 15) is 9.59 Å². The molecule has 1 atom stereocenters. The summed E-state index contributed by atoms with van der Waals surface area (Å²) in [6, 6.07) is 12.9. The van der Waals surface area contributed by atoms with Gasteiger partial charge in [-0.3, -0.25) is 0 Å². The van der Waals surface area contributed by atoms with Gasteiger partial charge in [-0.2, -0.15) is 0 Å². The lowest BCUT2D eigenvalue weighted by atomic mass is 10.1. The van der Waals surface area contributed by atoms with Crippen LogP contribution in [0, 0.1) is 5.92 Å². The fraction of sp³-hybridized carbons (Fsp3) is 0.273. The van der Waals surface area contributed by atoms with Gasteiger partial charge in [0.05, 0.1) is 17.7 Å². The maximum absolute atomic E-state index is 12.2. The van der Waals surface area contributed by atoms with Crippen molar-refractivity contribution in [2.24, 2.45) is 5.92 Å². The molecule has 2 aromatic carbocycles. The van der Waals surface area contributed by atoms with Crippen LogP contribution in [0.4, 0.5) is 0 Å². The molecule has 142 valence electrons. The Labute approximate surface area is 159 Å². The van der Waals surface area contributed by atoms with E-state index >= 15 is 0 Å². The summed E-state index contributed by atoms with van der Waals surface area (Å²) >= 11 is 0. The summed E-state index contributed by atoms with van der Waals surface area (Å²) in [7, 11) is 0. The Kier molecular flexibility index (Phi) is 7.62. The lowest BCUT2D eigenvalue weighted by Gasteiger charge is -2.10. The predicted octanol–water partition coefficient (Wildman–Crippen LogP) is 4.67. The highest BCUT2D eigenvalue weighted by molar-refractivity contribution is 5.92. The SMILES string of the molecule is C=CCOc1ccc(C(=O)Oc2ccc(C(=O)OCC(C)CC)cc2)cc1. The first-order valence-electron chi connectivity index (χ1n) is 8.86. The van der Waals surface area contributed by atoms with Crippen LogP contribution in [0.5, 0.6) is 11.5 Å². The van der Waals surface area contributed by atoms with Crippen LogP contribution < -0.4 is 9.47 Å². The normalized spacial score (nSPS) is 11.3. The Morgan fingerprint density at radius 2 is 1.52 bits per heavy atom. The first-order valence-corrected chi connectivity index (χ1v) is 8.86. The molecule has 0 aliphatic rings. The van der Waals surface area contributed by atoms with Crippen molar-refractivity contribution < 1.29 is 23.8 Å². The molecular weight excluding hydrogens is 344 g/mol. The largest absolute Gasteiger partial charge is 0.490 e. The molecule has 5 heteroatoms. The smallest absolute Gasteiger partial charge is 0.343 e. The highest BCUT2D eigenvalue weighted by atomic mass is 16.5. The van der Waals surface area contributed by atoms with Crippen molar-refractivity contribution in [1.29, 1.82) is 0 Å². The number of benzene rings is 2. The molecule has 27 heavy (non-hydrogen) atoms. The van der Waals surface area contributed by atoms with Crippen molar-refractivity contribution in [2.45, 2.75) is 20.3 Å². The van der Waals surface area contributed by atoms with Gasteiger partial charge in [0.1, 0.15) is 18.1 Å². The quantitative estimate of drug-likeness (QED) is 0.365. The van der Waals surface area contributed by atoms with E-state index in [0.717, 1.165) is 6.42 Å². The number of hydrogen-bond acceptors (Lipinski definition) is 5. The van der Waals surface area contributed by atoms with Gasteiger partial charge >= 0.3 is 11.9 Å². The monoisotopic (exact) mass is 368 g/mol. The molecule has 2 rings (SSSR count). The van der Waals surface area contributed by atoms with Gasteiger partial charge in [0.2, 0.25) is 0 Å². The Morgan fingerprint density at radius 1 is 0.963 bits per heavy atom. The van der Waals surface area contributed by atoms with Crippen LogP contribution in [0.1, 0.15) is 41.0 Å². The molecule has 0 aromatic heterocycles. The number of hydrogen-bond donors (Lipinski definition) is 0. The molecule has 0 N–H and O–H groups in total. The van der Waals surface area contributed by atoms with Crippen molar-refractivity contribution in [3.63, 3.8) is 0 Å². The Morgan fingerprint density at radius 3 is 2.07 bits per heavy atom. The minimum absolute atomic E-state index is 0.322. The molecule has 0 saturated carbocycles. The van der Waals surface area contributed by atoms with Crippen LogP contribution in [-0.4, -0.2) is 25.2 Å². The molecule has 0 saturated heterocycles. The number of carbonyl (C=O) groups is 2. The molecule has 0 bridgehead atoms. The number of esters is 2. The minimum atomic E-state index is -0.489. The zero-order chi connectivity index (χ0) is 19.6. The van der Waals surface area contributed by atoms with E-state index in [2.05, 4.69) is 6.58 Å². The molecular formula is C22H24O5. The van der Waals surface area contributed by atoms with Crippen LogP contribution in [0.2, 0.25) is 0 Å². The van der Waals surface area contributed by atoms with Crippen molar-refractivity contribution in [3.8, 4) is 11.5 Å². The second-order valence-corrected chi connectivity index (χ2v) is 6.15. The summed E-state index contributed by atoms with van der Waals surface area (Å²) in [5, 5.41) is 0. The molecule has 0 amide bonds. The van der Waals surface area contributed by atoms with Crippen LogP contribution in [0.3, 0.4) is 0 Å². The van der Waals surface area contributed by atoms with Gasteiger partial charge in [0, 0.05) is 0 Å². The Hall–Kier alpha value is -3.08. The Balaban J connectivity index is 1.92. The lowest BCUT2D eigenvalue weighted by Crippen LogP contribution is -2.12. The molecule has 0 aliphatic heterocycles. The average Bonchev–Trinajstić information content (AvgIpc) is 2.71. The highest BCUT2D eigenvalue weighted by Crippen LogP contribution is 2.17. The second-order valence-electron chi connectivity index (χ2n) is 6.15. The van der Waals surface area contributed by atoms with E-state index in [1.807, 2.05) is 13.8 Å². The molecule has 2 aromatic rings. The number of rotatable bonds is 9. The number of carbonyl (C=O) groups excluding carboxylic acids is 2. The molecule has 0 aliphatic carbocycles. The molecule has 0 heterocycles. The van der Waals surface area contributed by atoms with Gasteiger partial charge in [-0.1, -0.05) is 32.9 Å². The third-order valence-electron chi connectivity index (χ3n) is 3.95. The maximum atomic E-state index is 12.2. The minimum Gasteiger partial charge on any atom is -0.490 e. The zero-order valence-corrected chi connectivity index (χ0v) is 15.6. The Bertz CT molecular complexity index is 762. The van der Waals surface area contributed by atoms with Gasteiger partial charge in [-0.25, -0.2) is 9.59 Å². The van der Waals surface area contributed by atoms with E-state index in [-0.39, 0.29) is 5.97 Å². The molecule has 5 nitrogen and oxygen atoms in total. The molecule has 1 unspecified atom stereocenters. The van der Waals surface area contributed by atoms with E-state index in [4.69, 9.17) is 14.2 Å². The van der Waals surface area contributed by atoms with Crippen LogP contribution in [-0.2, 0) is 4.74 Å². The first-order chi connectivity index (χ1) is 13.0. The van der Waals surface area contributed by atoms with Gasteiger partial charge in [-0.15, -0.1) is 0 Å². The molecule has 0 radical (unpaired) electrons. The van der Waals surface area contributed by atoms with E-state index in [1.165, 1.54) is 0 Å². The molecule has 0 spiro atoms. The van der Waals surface area contributed by atoms with Crippen molar-refractivity contribution >= 4 is 11.9 Å². The summed E-state index contributed by atoms with van der Waals surface area (Å²) in [5.41, 5.74) is 0.819. The standard InChI is InChI=1S/C22H24O5/c1-4-14-25-19-10-6-18(7-11-19)22(24)27-20-12-8-17(9-13-20)21(23)26-15-16(3)5-2/h4,6-13,16H,1,5,14-15H2,2-3H3. The predicted molar refractivity (Wildman–Crippen MR) is 103 cm³/mol.